The number of amides is 1. The number of nitrogens with zero attached hydrogens (tertiary/aromatic N) is 4. The third-order valence-electron chi connectivity index (χ3n) is 6.49. The molecule has 190 valence electrons. The van der Waals surface area contributed by atoms with Gasteiger partial charge in [-0.05, 0) is 30.9 Å². The number of methoxy groups -OCH3 is 1. The van der Waals surface area contributed by atoms with Crippen molar-refractivity contribution in [2.24, 2.45) is 7.05 Å². The summed E-state index contributed by atoms with van der Waals surface area (Å²) < 4.78 is 14.1. The second-order valence-corrected chi connectivity index (χ2v) is 8.79. The van der Waals surface area contributed by atoms with Crippen LogP contribution in [0.15, 0.2) is 47.3 Å². The molecule has 4 rings (SSSR count). The predicted molar refractivity (Wildman–Crippen MR) is 134 cm³/mol. The van der Waals surface area contributed by atoms with Crippen LogP contribution in [0.5, 0.6) is 5.75 Å². The Morgan fingerprint density at radius 2 is 1.86 bits per heavy atom. The number of carbonyl (C=O) groups excluding carboxylic acids is 2. The van der Waals surface area contributed by atoms with E-state index in [0.717, 1.165) is 25.0 Å². The van der Waals surface area contributed by atoms with Crippen molar-refractivity contribution in [2.45, 2.75) is 39.2 Å². The first-order valence-electron chi connectivity index (χ1n) is 12.3. The Morgan fingerprint density at radius 3 is 2.56 bits per heavy atom. The van der Waals surface area contributed by atoms with Crippen molar-refractivity contribution >= 4 is 11.9 Å². The number of esters is 1. The van der Waals surface area contributed by atoms with Gasteiger partial charge >= 0.3 is 5.97 Å². The van der Waals surface area contributed by atoms with Crippen LogP contribution in [0.4, 0.5) is 0 Å². The molecular formula is C27H32N4O5. The van der Waals surface area contributed by atoms with E-state index in [9.17, 15) is 14.4 Å². The summed E-state index contributed by atoms with van der Waals surface area (Å²) >= 11 is 0. The van der Waals surface area contributed by atoms with E-state index in [2.05, 4.69) is 17.2 Å². The Labute approximate surface area is 210 Å². The van der Waals surface area contributed by atoms with Crippen molar-refractivity contribution in [2.75, 3.05) is 26.8 Å². The fourth-order valence-electron chi connectivity index (χ4n) is 4.55. The lowest BCUT2D eigenvalue weighted by Crippen LogP contribution is -2.35. The maximum absolute atomic E-state index is 13.2. The molecule has 0 spiro atoms. The Balaban J connectivity index is 1.54. The maximum Gasteiger partial charge on any atom is 0.343 e. The van der Waals surface area contributed by atoms with Gasteiger partial charge in [0.25, 0.3) is 11.5 Å². The number of pyridine rings is 1. The molecule has 2 aromatic heterocycles. The van der Waals surface area contributed by atoms with Crippen LogP contribution in [-0.4, -0.2) is 57.9 Å². The van der Waals surface area contributed by atoms with Crippen LogP contribution in [0.1, 0.15) is 51.1 Å². The van der Waals surface area contributed by atoms with E-state index in [1.54, 1.807) is 27.3 Å². The van der Waals surface area contributed by atoms with Crippen molar-refractivity contribution < 1.29 is 19.1 Å². The van der Waals surface area contributed by atoms with Gasteiger partial charge in [-0.2, -0.15) is 5.10 Å². The zero-order chi connectivity index (χ0) is 25.7. The Morgan fingerprint density at radius 1 is 1.08 bits per heavy atom. The quantitative estimate of drug-likeness (QED) is 0.354. The molecule has 0 saturated heterocycles. The monoisotopic (exact) mass is 492 g/mol. The zero-order valence-electron chi connectivity index (χ0n) is 21.0. The molecule has 0 saturated carbocycles. The second kappa shape index (κ2) is 11.2. The molecule has 0 fully saturated rings. The van der Waals surface area contributed by atoms with Gasteiger partial charge in [-0.3, -0.25) is 14.3 Å². The minimum absolute atomic E-state index is 0.150. The number of hydrogen-bond acceptors (Lipinski definition) is 6. The van der Waals surface area contributed by atoms with Crippen LogP contribution in [-0.2, 0) is 37.6 Å². The van der Waals surface area contributed by atoms with E-state index < -0.39 is 5.97 Å². The van der Waals surface area contributed by atoms with E-state index >= 15 is 0 Å². The van der Waals surface area contributed by atoms with Gasteiger partial charge in [0.2, 0.25) is 0 Å². The number of benzene rings is 1. The molecule has 0 unspecified atom stereocenters. The molecule has 1 aromatic carbocycles. The Hall–Kier alpha value is -3.88. The molecule has 1 amide bonds. The molecule has 1 aliphatic rings. The van der Waals surface area contributed by atoms with Gasteiger partial charge in [0, 0.05) is 44.9 Å². The highest BCUT2D eigenvalue weighted by molar-refractivity contribution is 5.94. The van der Waals surface area contributed by atoms with Gasteiger partial charge in [-0.15, -0.1) is 0 Å². The molecule has 0 radical (unpaired) electrons. The van der Waals surface area contributed by atoms with E-state index in [4.69, 9.17) is 9.47 Å². The molecule has 9 nitrogen and oxygen atoms in total. The number of rotatable bonds is 8. The molecule has 0 N–H and O–H groups in total. The highest BCUT2D eigenvalue weighted by atomic mass is 16.5. The summed E-state index contributed by atoms with van der Waals surface area (Å²) in [6.07, 6.45) is 2.61. The van der Waals surface area contributed by atoms with Gasteiger partial charge < -0.3 is 18.9 Å². The van der Waals surface area contributed by atoms with Crippen LogP contribution >= 0.6 is 0 Å². The molecule has 1 aliphatic heterocycles. The highest BCUT2D eigenvalue weighted by Crippen LogP contribution is 2.25. The summed E-state index contributed by atoms with van der Waals surface area (Å²) in [6, 6.07) is 13.2. The number of ether oxygens (including phenoxy) is 2. The first kappa shape index (κ1) is 25.2. The molecule has 36 heavy (non-hydrogen) atoms. The van der Waals surface area contributed by atoms with Gasteiger partial charge in [0.1, 0.15) is 17.0 Å². The second-order valence-electron chi connectivity index (χ2n) is 8.79. The van der Waals surface area contributed by atoms with Crippen molar-refractivity contribution in [1.82, 2.24) is 19.2 Å². The van der Waals surface area contributed by atoms with Crippen molar-refractivity contribution in [3.8, 4) is 5.75 Å². The lowest BCUT2D eigenvalue weighted by atomic mass is 10.1. The standard InChI is InChI=1S/C27H32N4O5/c1-4-20-17-22(29(2)28-20)26(33)30-13-12-21-25(27(34)35-3)23(18-24(32)31(21)15-14-30)36-16-8-11-19-9-6-5-7-10-19/h5-7,9-10,17-18H,4,8,11-16H2,1-3H3. The largest absolute Gasteiger partial charge is 0.492 e. The third kappa shape index (κ3) is 5.35. The fourth-order valence-corrected chi connectivity index (χ4v) is 4.55. The zero-order valence-corrected chi connectivity index (χ0v) is 21.0. The van der Waals surface area contributed by atoms with E-state index in [-0.39, 0.29) is 29.3 Å². The molecule has 9 heteroatoms. The van der Waals surface area contributed by atoms with Gasteiger partial charge in [0.05, 0.1) is 19.4 Å². The summed E-state index contributed by atoms with van der Waals surface area (Å²) in [5.74, 6) is -0.483. The van der Waals surface area contributed by atoms with Gasteiger partial charge in [0.15, 0.2) is 0 Å². The molecule has 0 bridgehead atoms. The first-order valence-corrected chi connectivity index (χ1v) is 12.3. The minimum atomic E-state index is -0.559. The Bertz CT molecular complexity index is 1300. The number of aromatic nitrogens is 3. The summed E-state index contributed by atoms with van der Waals surface area (Å²) in [4.78, 5) is 40.7. The first-order chi connectivity index (χ1) is 17.4. The average molecular weight is 493 g/mol. The number of aryl methyl sites for hydroxylation is 3. The number of carbonyl (C=O) groups is 2. The minimum Gasteiger partial charge on any atom is -0.492 e. The topological polar surface area (TPSA) is 95.7 Å². The van der Waals surface area contributed by atoms with Crippen LogP contribution in [0, 0.1) is 0 Å². The van der Waals surface area contributed by atoms with Crippen molar-refractivity contribution in [1.29, 1.82) is 0 Å². The van der Waals surface area contributed by atoms with Crippen molar-refractivity contribution in [3.63, 3.8) is 0 Å². The lowest BCUT2D eigenvalue weighted by Gasteiger charge is -2.19. The van der Waals surface area contributed by atoms with Gasteiger partial charge in [-0.1, -0.05) is 37.3 Å². The van der Waals surface area contributed by atoms with Gasteiger partial charge in [-0.25, -0.2) is 4.79 Å². The third-order valence-corrected chi connectivity index (χ3v) is 6.49. The summed E-state index contributed by atoms with van der Waals surface area (Å²) in [5, 5.41) is 4.37. The highest BCUT2D eigenvalue weighted by Gasteiger charge is 2.28. The molecule has 0 atom stereocenters. The molecular weight excluding hydrogens is 460 g/mol. The smallest absolute Gasteiger partial charge is 0.343 e. The van der Waals surface area contributed by atoms with Crippen LogP contribution in [0.3, 0.4) is 0 Å². The summed E-state index contributed by atoms with van der Waals surface area (Å²) in [7, 11) is 3.06. The molecule has 3 aromatic rings. The predicted octanol–water partition coefficient (Wildman–Crippen LogP) is 2.64. The van der Waals surface area contributed by atoms with E-state index in [0.29, 0.717) is 37.5 Å². The lowest BCUT2D eigenvalue weighted by molar-refractivity contribution is 0.0593. The normalized spacial score (nSPS) is 13.1. The Kier molecular flexibility index (Phi) is 7.87. The summed E-state index contributed by atoms with van der Waals surface area (Å²) in [5.41, 5.74) is 3.05. The summed E-state index contributed by atoms with van der Waals surface area (Å²) in [6.45, 7) is 3.31. The number of fused-ring (bicyclic) bond motifs is 1. The van der Waals surface area contributed by atoms with E-state index in [1.807, 2.05) is 25.1 Å². The molecule has 0 aliphatic carbocycles. The SMILES string of the molecule is CCc1cc(C(=O)N2CCc3c(C(=O)OC)c(OCCCc4ccccc4)cc(=O)n3CC2)n(C)n1. The van der Waals surface area contributed by atoms with Crippen LogP contribution < -0.4 is 10.3 Å². The molecule has 3 heterocycles. The van der Waals surface area contributed by atoms with Crippen LogP contribution in [0.25, 0.3) is 0 Å². The number of hydrogen-bond donors (Lipinski definition) is 0. The van der Waals surface area contributed by atoms with Crippen LogP contribution in [0.2, 0.25) is 0 Å². The van der Waals surface area contributed by atoms with E-state index in [1.165, 1.54) is 18.7 Å². The maximum atomic E-state index is 13.2. The van der Waals surface area contributed by atoms with Crippen molar-refractivity contribution in [3.05, 3.63) is 81.0 Å². The average Bonchev–Trinajstić information content (AvgIpc) is 3.13. The fraction of sp³-hybridized carbons (Fsp3) is 0.407.